The fraction of sp³-hybridized carbons (Fsp3) is 0.478. The van der Waals surface area contributed by atoms with E-state index in [1.165, 1.54) is 12.8 Å². The van der Waals surface area contributed by atoms with Crippen LogP contribution < -0.4 is 10.1 Å². The van der Waals surface area contributed by atoms with Crippen LogP contribution in [0.2, 0.25) is 0 Å². The molecule has 1 saturated carbocycles. The first-order valence-electron chi connectivity index (χ1n) is 10.4. The molecule has 5 nitrogen and oxygen atoms in total. The molecule has 2 aromatic rings. The van der Waals surface area contributed by atoms with E-state index in [9.17, 15) is 4.79 Å². The molecular weight excluding hydrogens is 382 g/mol. The Kier molecular flexibility index (Phi) is 7.19. The van der Waals surface area contributed by atoms with Gasteiger partial charge in [-0.2, -0.15) is 13.5 Å². The third kappa shape index (κ3) is 4.93. The summed E-state index contributed by atoms with van der Waals surface area (Å²) in [5.41, 5.74) is 1.48. The van der Waals surface area contributed by atoms with Gasteiger partial charge in [0.2, 0.25) is 11.8 Å². The highest BCUT2D eigenvalue weighted by molar-refractivity contribution is 7.59. The zero-order valence-electron chi connectivity index (χ0n) is 17.1. The van der Waals surface area contributed by atoms with E-state index < -0.39 is 5.41 Å². The molecule has 0 radical (unpaired) electrons. The van der Waals surface area contributed by atoms with Gasteiger partial charge < -0.3 is 15.0 Å². The van der Waals surface area contributed by atoms with Crippen molar-refractivity contribution in [2.24, 2.45) is 0 Å². The molecule has 2 heterocycles. The molecule has 1 atom stereocenters. The number of likely N-dealkylation sites (tertiary alicyclic amines) is 1. The highest BCUT2D eigenvalue weighted by Gasteiger charge is 2.53. The van der Waals surface area contributed by atoms with Gasteiger partial charge >= 0.3 is 0 Å². The Morgan fingerprint density at radius 2 is 1.86 bits per heavy atom. The van der Waals surface area contributed by atoms with Crippen molar-refractivity contribution in [3.63, 3.8) is 0 Å². The van der Waals surface area contributed by atoms with E-state index in [4.69, 9.17) is 4.74 Å². The van der Waals surface area contributed by atoms with E-state index in [2.05, 4.69) is 27.3 Å². The van der Waals surface area contributed by atoms with Gasteiger partial charge in [0.1, 0.15) is 0 Å². The number of hydrogen-bond acceptors (Lipinski definition) is 4. The maximum atomic E-state index is 13.3. The van der Waals surface area contributed by atoms with Crippen LogP contribution in [0.4, 0.5) is 0 Å². The van der Waals surface area contributed by atoms with Crippen molar-refractivity contribution in [3.05, 3.63) is 59.8 Å². The van der Waals surface area contributed by atoms with Crippen LogP contribution in [0.3, 0.4) is 0 Å². The number of ether oxygens (including phenoxy) is 1. The van der Waals surface area contributed by atoms with E-state index in [0.717, 1.165) is 43.7 Å². The van der Waals surface area contributed by atoms with Crippen LogP contribution in [0.5, 0.6) is 5.88 Å². The summed E-state index contributed by atoms with van der Waals surface area (Å²) in [5.74, 6) is 0.678. The molecule has 29 heavy (non-hydrogen) atoms. The standard InChI is InChI=1S/C23H29N3O2.H2S/c1-2-28-21-12-8-11-20(25-21)23(13-14-23)22(27)24-19(17-26-15-6-7-16-26)18-9-4-3-5-10-18;/h3-5,8-12,19H,2,6-7,13-17H2,1H3,(H,24,27);1H2/t19-;/m1./s1. The monoisotopic (exact) mass is 413 g/mol. The summed E-state index contributed by atoms with van der Waals surface area (Å²) in [4.78, 5) is 20.4. The lowest BCUT2D eigenvalue weighted by atomic mass is 9.98. The number of benzene rings is 1. The molecule has 1 aliphatic heterocycles. The van der Waals surface area contributed by atoms with Crippen molar-refractivity contribution >= 4 is 19.4 Å². The Hall–Kier alpha value is -2.05. The molecule has 1 aromatic carbocycles. The lowest BCUT2D eigenvalue weighted by molar-refractivity contribution is -0.124. The van der Waals surface area contributed by atoms with E-state index in [1.54, 1.807) is 0 Å². The van der Waals surface area contributed by atoms with Crippen LogP contribution in [-0.2, 0) is 10.2 Å². The summed E-state index contributed by atoms with van der Waals surface area (Å²) in [7, 11) is 0. The van der Waals surface area contributed by atoms with Crippen molar-refractivity contribution in [2.75, 3.05) is 26.2 Å². The number of nitrogens with one attached hydrogen (secondary N) is 1. The summed E-state index contributed by atoms with van der Waals surface area (Å²) in [6.45, 7) is 5.60. The number of amides is 1. The molecule has 1 aliphatic carbocycles. The Morgan fingerprint density at radius 3 is 2.52 bits per heavy atom. The van der Waals surface area contributed by atoms with Gasteiger partial charge in [-0.25, -0.2) is 4.98 Å². The average molecular weight is 414 g/mol. The quantitative estimate of drug-likeness (QED) is 0.719. The summed E-state index contributed by atoms with van der Waals surface area (Å²) in [6, 6.07) is 16.0. The molecule has 1 N–H and O–H groups in total. The number of carbonyl (C=O) groups is 1. The minimum atomic E-state index is -0.509. The second-order valence-corrected chi connectivity index (χ2v) is 7.82. The predicted molar refractivity (Wildman–Crippen MR) is 120 cm³/mol. The largest absolute Gasteiger partial charge is 0.478 e. The molecular formula is C23H31N3O2S. The molecule has 0 bridgehead atoms. The molecule has 1 amide bonds. The Morgan fingerprint density at radius 1 is 1.14 bits per heavy atom. The second-order valence-electron chi connectivity index (χ2n) is 7.82. The molecule has 1 aromatic heterocycles. The van der Waals surface area contributed by atoms with Crippen molar-refractivity contribution in [1.29, 1.82) is 0 Å². The molecule has 156 valence electrons. The third-order valence-corrected chi connectivity index (χ3v) is 5.84. The molecule has 2 fully saturated rings. The maximum absolute atomic E-state index is 13.3. The van der Waals surface area contributed by atoms with Gasteiger partial charge in [0.05, 0.1) is 23.8 Å². The Balaban J connectivity index is 0.00000240. The van der Waals surface area contributed by atoms with Gasteiger partial charge in [-0.1, -0.05) is 36.4 Å². The minimum Gasteiger partial charge on any atom is -0.478 e. The van der Waals surface area contributed by atoms with Crippen LogP contribution >= 0.6 is 13.5 Å². The number of aromatic nitrogens is 1. The number of pyridine rings is 1. The van der Waals surface area contributed by atoms with Gasteiger partial charge in [-0.3, -0.25) is 4.79 Å². The summed E-state index contributed by atoms with van der Waals surface area (Å²) < 4.78 is 5.54. The zero-order chi connectivity index (χ0) is 19.4. The minimum absolute atomic E-state index is 0. The highest BCUT2D eigenvalue weighted by Crippen LogP contribution is 2.48. The fourth-order valence-electron chi connectivity index (χ4n) is 4.07. The number of carbonyl (C=O) groups excluding carboxylic acids is 1. The SMILES string of the molecule is CCOc1cccc(C2(C(=O)N[C@H](CN3CCCC3)c3ccccc3)CC2)n1.S. The van der Waals surface area contributed by atoms with Gasteiger partial charge in [-0.05, 0) is 57.3 Å². The Labute approximate surface area is 180 Å². The normalized spacial score (nSPS) is 18.5. The van der Waals surface area contributed by atoms with E-state index in [1.807, 2.05) is 43.3 Å². The van der Waals surface area contributed by atoms with E-state index in [-0.39, 0.29) is 25.4 Å². The topological polar surface area (TPSA) is 54.5 Å². The fourth-order valence-corrected chi connectivity index (χ4v) is 4.07. The van der Waals surface area contributed by atoms with Crippen LogP contribution in [0.1, 0.15) is 49.9 Å². The number of nitrogens with zero attached hydrogens (tertiary/aromatic N) is 2. The maximum Gasteiger partial charge on any atom is 0.232 e. The smallest absolute Gasteiger partial charge is 0.232 e. The van der Waals surface area contributed by atoms with Crippen LogP contribution in [-0.4, -0.2) is 42.0 Å². The molecule has 6 heteroatoms. The van der Waals surface area contributed by atoms with Crippen LogP contribution in [0.15, 0.2) is 48.5 Å². The summed E-state index contributed by atoms with van der Waals surface area (Å²) in [6.07, 6.45) is 4.17. The second kappa shape index (κ2) is 9.63. The third-order valence-electron chi connectivity index (χ3n) is 5.84. The van der Waals surface area contributed by atoms with E-state index in [0.29, 0.717) is 12.5 Å². The molecule has 4 rings (SSSR count). The first-order chi connectivity index (χ1) is 13.7. The van der Waals surface area contributed by atoms with Crippen molar-refractivity contribution < 1.29 is 9.53 Å². The van der Waals surface area contributed by atoms with Gasteiger partial charge in [0.25, 0.3) is 0 Å². The highest BCUT2D eigenvalue weighted by atomic mass is 32.1. The predicted octanol–water partition coefficient (Wildman–Crippen LogP) is 3.58. The average Bonchev–Trinajstić information content (AvgIpc) is 3.39. The zero-order valence-corrected chi connectivity index (χ0v) is 18.1. The van der Waals surface area contributed by atoms with Gasteiger partial charge in [0, 0.05) is 12.6 Å². The summed E-state index contributed by atoms with van der Waals surface area (Å²) >= 11 is 0. The molecule has 0 unspecified atom stereocenters. The Bertz CT molecular complexity index is 805. The molecule has 0 spiro atoms. The lowest BCUT2D eigenvalue weighted by Crippen LogP contribution is -2.42. The van der Waals surface area contributed by atoms with Gasteiger partial charge in [-0.15, -0.1) is 0 Å². The summed E-state index contributed by atoms with van der Waals surface area (Å²) in [5, 5.41) is 3.35. The van der Waals surface area contributed by atoms with Crippen molar-refractivity contribution in [3.8, 4) is 5.88 Å². The molecule has 1 saturated heterocycles. The lowest BCUT2D eigenvalue weighted by Gasteiger charge is -2.27. The van der Waals surface area contributed by atoms with Gasteiger partial charge in [0.15, 0.2) is 0 Å². The number of hydrogen-bond donors (Lipinski definition) is 1. The number of rotatable bonds is 8. The molecule has 2 aliphatic rings. The van der Waals surface area contributed by atoms with E-state index >= 15 is 0 Å². The first kappa shape index (κ1) is 21.7. The van der Waals surface area contributed by atoms with Crippen molar-refractivity contribution in [2.45, 2.75) is 44.1 Å². The van der Waals surface area contributed by atoms with Crippen molar-refractivity contribution in [1.82, 2.24) is 15.2 Å². The van der Waals surface area contributed by atoms with Crippen LogP contribution in [0.25, 0.3) is 0 Å². The van der Waals surface area contributed by atoms with Crippen LogP contribution in [0, 0.1) is 0 Å². The first-order valence-corrected chi connectivity index (χ1v) is 10.4.